The van der Waals surface area contributed by atoms with Crippen molar-refractivity contribution in [2.45, 2.75) is 31.7 Å². The maximum atomic E-state index is 12.2. The molecule has 21 heavy (non-hydrogen) atoms. The summed E-state index contributed by atoms with van der Waals surface area (Å²) in [6.45, 7) is 1.07. The van der Waals surface area contributed by atoms with Gasteiger partial charge in [0.25, 0.3) is 0 Å². The van der Waals surface area contributed by atoms with Gasteiger partial charge in [0, 0.05) is 18.8 Å². The van der Waals surface area contributed by atoms with Gasteiger partial charge in [-0.15, -0.1) is 0 Å². The molecule has 1 fully saturated rings. The minimum Gasteiger partial charge on any atom is -0.491 e. The topological polar surface area (TPSA) is 73.6 Å². The number of carbonyl (C=O) groups is 1. The molecule has 5 nitrogen and oxygen atoms in total. The molecule has 0 heterocycles. The summed E-state index contributed by atoms with van der Waals surface area (Å²) in [6, 6.07) is 7.34. The molecule has 0 bridgehead atoms. The summed E-state index contributed by atoms with van der Waals surface area (Å²) < 4.78 is 10.4. The molecule has 1 saturated carbocycles. The summed E-state index contributed by atoms with van der Waals surface area (Å²) in [4.78, 5) is 12.2. The number of amides is 1. The SMILES string of the molecule is COCCOc1ccc(NC(=O)C2CCCCC2N)cc1. The summed E-state index contributed by atoms with van der Waals surface area (Å²) in [7, 11) is 1.64. The average molecular weight is 292 g/mol. The van der Waals surface area contributed by atoms with E-state index >= 15 is 0 Å². The molecule has 0 aliphatic heterocycles. The van der Waals surface area contributed by atoms with Crippen LogP contribution in [0.15, 0.2) is 24.3 Å². The Morgan fingerprint density at radius 2 is 1.95 bits per heavy atom. The summed E-state index contributed by atoms with van der Waals surface area (Å²) >= 11 is 0. The van der Waals surface area contributed by atoms with Gasteiger partial charge in [-0.05, 0) is 37.1 Å². The van der Waals surface area contributed by atoms with Gasteiger partial charge in [-0.2, -0.15) is 0 Å². The fourth-order valence-electron chi connectivity index (χ4n) is 2.60. The predicted octanol–water partition coefficient (Wildman–Crippen LogP) is 2.17. The van der Waals surface area contributed by atoms with E-state index in [4.69, 9.17) is 15.2 Å². The fraction of sp³-hybridized carbons (Fsp3) is 0.562. The molecule has 5 heteroatoms. The van der Waals surface area contributed by atoms with E-state index in [2.05, 4.69) is 5.32 Å². The Kier molecular flexibility index (Phi) is 6.02. The molecule has 0 saturated heterocycles. The van der Waals surface area contributed by atoms with Crippen molar-refractivity contribution in [1.29, 1.82) is 0 Å². The molecule has 3 N–H and O–H groups in total. The summed E-state index contributed by atoms with van der Waals surface area (Å²) in [5.74, 6) is 0.714. The highest BCUT2D eigenvalue weighted by Gasteiger charge is 2.28. The lowest BCUT2D eigenvalue weighted by Crippen LogP contribution is -2.40. The van der Waals surface area contributed by atoms with Crippen LogP contribution < -0.4 is 15.8 Å². The summed E-state index contributed by atoms with van der Waals surface area (Å²) in [6.07, 6.45) is 4.02. The predicted molar refractivity (Wildman–Crippen MR) is 82.4 cm³/mol. The van der Waals surface area contributed by atoms with Crippen LogP contribution in [-0.4, -0.2) is 32.3 Å². The summed E-state index contributed by atoms with van der Waals surface area (Å²) in [5.41, 5.74) is 6.81. The first-order valence-electron chi connectivity index (χ1n) is 7.49. The number of hydrogen-bond donors (Lipinski definition) is 2. The van der Waals surface area contributed by atoms with Gasteiger partial charge < -0.3 is 20.5 Å². The Morgan fingerprint density at radius 1 is 1.24 bits per heavy atom. The van der Waals surface area contributed by atoms with E-state index in [1.165, 1.54) is 0 Å². The first-order chi connectivity index (χ1) is 10.2. The van der Waals surface area contributed by atoms with Crippen molar-refractivity contribution in [3.8, 4) is 5.75 Å². The highest BCUT2D eigenvalue weighted by molar-refractivity contribution is 5.93. The standard InChI is InChI=1S/C16H24N2O3/c1-20-10-11-21-13-8-6-12(7-9-13)18-16(19)14-4-2-3-5-15(14)17/h6-9,14-15H,2-5,10-11,17H2,1H3,(H,18,19). The number of anilines is 1. The van der Waals surface area contributed by atoms with Gasteiger partial charge in [0.05, 0.1) is 12.5 Å². The second kappa shape index (κ2) is 8.00. The lowest BCUT2D eigenvalue weighted by molar-refractivity contribution is -0.121. The third kappa shape index (κ3) is 4.72. The molecule has 0 aromatic heterocycles. The lowest BCUT2D eigenvalue weighted by atomic mass is 9.84. The van der Waals surface area contributed by atoms with Gasteiger partial charge in [0.1, 0.15) is 12.4 Å². The Morgan fingerprint density at radius 3 is 2.62 bits per heavy atom. The van der Waals surface area contributed by atoms with Gasteiger partial charge in [0.2, 0.25) is 5.91 Å². The van der Waals surface area contributed by atoms with Gasteiger partial charge in [-0.1, -0.05) is 12.8 Å². The zero-order valence-corrected chi connectivity index (χ0v) is 12.5. The maximum Gasteiger partial charge on any atom is 0.229 e. The van der Waals surface area contributed by atoms with Crippen molar-refractivity contribution in [2.24, 2.45) is 11.7 Å². The average Bonchev–Trinajstić information content (AvgIpc) is 2.49. The van der Waals surface area contributed by atoms with Crippen LogP contribution >= 0.6 is 0 Å². The molecule has 2 unspecified atom stereocenters. The van der Waals surface area contributed by atoms with Crippen molar-refractivity contribution in [3.63, 3.8) is 0 Å². The number of methoxy groups -OCH3 is 1. The number of nitrogens with one attached hydrogen (secondary N) is 1. The number of hydrogen-bond acceptors (Lipinski definition) is 4. The van der Waals surface area contributed by atoms with E-state index in [9.17, 15) is 4.79 Å². The summed E-state index contributed by atoms with van der Waals surface area (Å²) in [5, 5.41) is 2.94. The second-order valence-corrected chi connectivity index (χ2v) is 5.41. The van der Waals surface area contributed by atoms with Crippen molar-refractivity contribution >= 4 is 11.6 Å². The van der Waals surface area contributed by atoms with Gasteiger partial charge >= 0.3 is 0 Å². The van der Waals surface area contributed by atoms with E-state index in [-0.39, 0.29) is 17.9 Å². The van der Waals surface area contributed by atoms with Crippen LogP contribution in [-0.2, 0) is 9.53 Å². The number of benzene rings is 1. The molecule has 1 aliphatic rings. The maximum absolute atomic E-state index is 12.2. The molecular weight excluding hydrogens is 268 g/mol. The van der Waals surface area contributed by atoms with Crippen molar-refractivity contribution in [1.82, 2.24) is 0 Å². The highest BCUT2D eigenvalue weighted by atomic mass is 16.5. The van der Waals surface area contributed by atoms with Crippen LogP contribution in [0.2, 0.25) is 0 Å². The fourth-order valence-corrected chi connectivity index (χ4v) is 2.60. The van der Waals surface area contributed by atoms with Gasteiger partial charge in [-0.3, -0.25) is 4.79 Å². The molecule has 1 aliphatic carbocycles. The molecule has 1 amide bonds. The van der Waals surface area contributed by atoms with Crippen LogP contribution in [0.5, 0.6) is 5.75 Å². The van der Waals surface area contributed by atoms with Gasteiger partial charge in [-0.25, -0.2) is 0 Å². The van der Waals surface area contributed by atoms with Crippen LogP contribution in [0.1, 0.15) is 25.7 Å². The Labute approximate surface area is 125 Å². The van der Waals surface area contributed by atoms with E-state index in [0.29, 0.717) is 13.2 Å². The third-order valence-corrected chi connectivity index (χ3v) is 3.83. The first kappa shape index (κ1) is 15.8. The quantitative estimate of drug-likeness (QED) is 0.788. The molecule has 2 rings (SSSR count). The van der Waals surface area contributed by atoms with Crippen LogP contribution in [0, 0.1) is 5.92 Å². The molecule has 0 spiro atoms. The van der Waals surface area contributed by atoms with E-state index in [0.717, 1.165) is 37.1 Å². The van der Waals surface area contributed by atoms with E-state index in [1.54, 1.807) is 7.11 Å². The number of rotatable bonds is 6. The third-order valence-electron chi connectivity index (χ3n) is 3.83. The van der Waals surface area contributed by atoms with Crippen molar-refractivity contribution < 1.29 is 14.3 Å². The molecule has 2 atom stereocenters. The van der Waals surface area contributed by atoms with Crippen LogP contribution in [0.3, 0.4) is 0 Å². The van der Waals surface area contributed by atoms with Crippen molar-refractivity contribution in [2.75, 3.05) is 25.6 Å². The zero-order chi connectivity index (χ0) is 15.1. The Bertz CT molecular complexity index is 447. The number of carbonyl (C=O) groups excluding carboxylic acids is 1. The minimum atomic E-state index is -0.0728. The monoisotopic (exact) mass is 292 g/mol. The van der Waals surface area contributed by atoms with Crippen molar-refractivity contribution in [3.05, 3.63) is 24.3 Å². The van der Waals surface area contributed by atoms with Crippen LogP contribution in [0.25, 0.3) is 0 Å². The molecule has 1 aromatic carbocycles. The van der Waals surface area contributed by atoms with E-state index in [1.807, 2.05) is 24.3 Å². The van der Waals surface area contributed by atoms with Crippen LogP contribution in [0.4, 0.5) is 5.69 Å². The number of ether oxygens (including phenoxy) is 2. The normalized spacial score (nSPS) is 21.8. The van der Waals surface area contributed by atoms with E-state index < -0.39 is 0 Å². The second-order valence-electron chi connectivity index (χ2n) is 5.41. The number of nitrogens with two attached hydrogens (primary N) is 1. The Hall–Kier alpha value is -1.59. The Balaban J connectivity index is 1.86. The smallest absolute Gasteiger partial charge is 0.229 e. The molecular formula is C16H24N2O3. The first-order valence-corrected chi connectivity index (χ1v) is 7.49. The molecule has 116 valence electrons. The molecule has 0 radical (unpaired) electrons. The lowest BCUT2D eigenvalue weighted by Gasteiger charge is -2.27. The largest absolute Gasteiger partial charge is 0.491 e. The molecule has 1 aromatic rings. The highest BCUT2D eigenvalue weighted by Crippen LogP contribution is 2.24. The van der Waals surface area contributed by atoms with Gasteiger partial charge in [0.15, 0.2) is 0 Å². The minimum absolute atomic E-state index is 0.0181. The zero-order valence-electron chi connectivity index (χ0n) is 12.5.